The first-order valence-electron chi connectivity index (χ1n) is 8.49. The molecule has 3 aliphatic heterocycles. The summed E-state index contributed by atoms with van der Waals surface area (Å²) in [7, 11) is 0. The maximum absolute atomic E-state index is 12.9. The van der Waals surface area contributed by atoms with Crippen molar-refractivity contribution in [2.45, 2.75) is 38.0 Å². The van der Waals surface area contributed by atoms with Gasteiger partial charge in [-0.15, -0.1) is 0 Å². The largest absolute Gasteiger partial charge is 0.467 e. The first-order chi connectivity index (χ1) is 11.6. The summed E-state index contributed by atoms with van der Waals surface area (Å²) in [4.78, 5) is 27.1. The van der Waals surface area contributed by atoms with Gasteiger partial charge in [0.1, 0.15) is 17.3 Å². The third kappa shape index (κ3) is 2.28. The lowest BCUT2D eigenvalue weighted by Crippen LogP contribution is -2.40. The topological polar surface area (TPSA) is 69.0 Å². The van der Waals surface area contributed by atoms with E-state index < -0.39 is 17.4 Å². The van der Waals surface area contributed by atoms with Crippen LogP contribution in [0.2, 0.25) is 0 Å². The van der Waals surface area contributed by atoms with Crippen molar-refractivity contribution in [3.63, 3.8) is 0 Å². The average molecular weight is 331 g/mol. The third-order valence-corrected chi connectivity index (χ3v) is 5.12. The summed E-state index contributed by atoms with van der Waals surface area (Å²) < 4.78 is 16.7. The van der Waals surface area contributed by atoms with Gasteiger partial charge in [0, 0.05) is 0 Å². The van der Waals surface area contributed by atoms with Gasteiger partial charge in [0.2, 0.25) is 5.91 Å². The minimum Gasteiger partial charge on any atom is -0.467 e. The van der Waals surface area contributed by atoms with Gasteiger partial charge in [0.05, 0.1) is 38.0 Å². The van der Waals surface area contributed by atoms with Gasteiger partial charge in [0.15, 0.2) is 0 Å². The van der Waals surface area contributed by atoms with E-state index in [0.29, 0.717) is 19.7 Å². The molecule has 1 unspecified atom stereocenters. The molecule has 4 heterocycles. The standard InChI is InChI=1S/C18H21NO5/c1-2-3-8-23-17(21)14-13-6-7-18(24-13)11-19(16(20)15(14)18)10-12-5-4-9-22-12/h4-7,9,13-15H,2-3,8,10-11H2,1H3/t13-,14?,15-,18+/m0/s1. The van der Waals surface area contributed by atoms with Crippen LogP contribution in [0.1, 0.15) is 25.5 Å². The number of amides is 1. The van der Waals surface area contributed by atoms with Crippen LogP contribution in [0.25, 0.3) is 0 Å². The Morgan fingerprint density at radius 1 is 1.50 bits per heavy atom. The second-order valence-electron chi connectivity index (χ2n) is 6.69. The van der Waals surface area contributed by atoms with Crippen molar-refractivity contribution in [2.24, 2.45) is 11.8 Å². The number of carbonyl (C=O) groups is 2. The highest BCUT2D eigenvalue weighted by Gasteiger charge is 2.67. The number of hydrogen-bond donors (Lipinski definition) is 0. The fourth-order valence-corrected chi connectivity index (χ4v) is 3.99. The van der Waals surface area contributed by atoms with Gasteiger partial charge in [0.25, 0.3) is 0 Å². The number of nitrogens with zero attached hydrogens (tertiary/aromatic N) is 1. The maximum Gasteiger partial charge on any atom is 0.312 e. The van der Waals surface area contributed by atoms with Crippen LogP contribution in [0.4, 0.5) is 0 Å². The van der Waals surface area contributed by atoms with Crippen LogP contribution in [0, 0.1) is 11.8 Å². The molecule has 3 aliphatic rings. The van der Waals surface area contributed by atoms with Crippen molar-refractivity contribution < 1.29 is 23.5 Å². The van der Waals surface area contributed by atoms with Crippen molar-refractivity contribution in [3.05, 3.63) is 36.3 Å². The highest BCUT2D eigenvalue weighted by atomic mass is 16.6. The Bertz CT molecular complexity index is 667. The smallest absolute Gasteiger partial charge is 0.312 e. The second kappa shape index (κ2) is 5.77. The summed E-state index contributed by atoms with van der Waals surface area (Å²) >= 11 is 0. The zero-order valence-corrected chi connectivity index (χ0v) is 13.6. The normalized spacial score (nSPS) is 33.3. The predicted molar refractivity (Wildman–Crippen MR) is 83.7 cm³/mol. The molecule has 4 atom stereocenters. The Kier molecular flexibility index (Phi) is 3.72. The molecule has 0 saturated carbocycles. The zero-order valence-electron chi connectivity index (χ0n) is 13.6. The van der Waals surface area contributed by atoms with Gasteiger partial charge >= 0.3 is 5.97 Å². The van der Waals surface area contributed by atoms with Crippen LogP contribution in [0.3, 0.4) is 0 Å². The molecule has 6 nitrogen and oxygen atoms in total. The molecular formula is C18H21NO5. The van der Waals surface area contributed by atoms with E-state index in [0.717, 1.165) is 18.6 Å². The minimum absolute atomic E-state index is 0.0595. The maximum atomic E-state index is 12.9. The number of furan rings is 1. The summed E-state index contributed by atoms with van der Waals surface area (Å²) in [6.45, 7) is 3.28. The summed E-state index contributed by atoms with van der Waals surface area (Å²) in [5.74, 6) is -0.688. The summed E-state index contributed by atoms with van der Waals surface area (Å²) in [6, 6.07) is 3.63. The molecule has 1 aromatic heterocycles. The summed E-state index contributed by atoms with van der Waals surface area (Å²) in [6.07, 6.45) is 6.86. The van der Waals surface area contributed by atoms with E-state index in [1.54, 1.807) is 17.2 Å². The molecule has 4 rings (SSSR count). The van der Waals surface area contributed by atoms with Crippen LogP contribution in [-0.4, -0.2) is 41.6 Å². The van der Waals surface area contributed by atoms with Crippen molar-refractivity contribution >= 4 is 11.9 Å². The van der Waals surface area contributed by atoms with Gasteiger partial charge in [-0.05, 0) is 18.6 Å². The number of fused-ring (bicyclic) bond motifs is 1. The van der Waals surface area contributed by atoms with E-state index >= 15 is 0 Å². The molecule has 1 amide bonds. The lowest BCUT2D eigenvalue weighted by atomic mass is 9.77. The fourth-order valence-electron chi connectivity index (χ4n) is 3.99. The Morgan fingerprint density at radius 2 is 2.38 bits per heavy atom. The Hall–Kier alpha value is -2.08. The van der Waals surface area contributed by atoms with Crippen LogP contribution in [-0.2, 0) is 25.6 Å². The lowest BCUT2D eigenvalue weighted by Gasteiger charge is -2.22. The van der Waals surface area contributed by atoms with E-state index in [1.165, 1.54) is 0 Å². The molecule has 1 aromatic rings. The minimum atomic E-state index is -0.692. The zero-order chi connectivity index (χ0) is 16.7. The number of rotatable bonds is 6. The molecule has 0 aromatic carbocycles. The SMILES string of the molecule is CCCCOC(=O)C1[C@@H]2C=C[C@]3(CN(Cc4ccco4)C(=O)[C@H]13)O2. The van der Waals surface area contributed by atoms with Crippen LogP contribution < -0.4 is 0 Å². The predicted octanol–water partition coefficient (Wildman–Crippen LogP) is 1.90. The highest BCUT2D eigenvalue weighted by Crippen LogP contribution is 2.52. The van der Waals surface area contributed by atoms with Crippen LogP contribution in [0.5, 0.6) is 0 Å². The monoisotopic (exact) mass is 331 g/mol. The molecule has 0 radical (unpaired) electrons. The lowest BCUT2D eigenvalue weighted by molar-refractivity contribution is -0.154. The molecule has 0 aliphatic carbocycles. The quantitative estimate of drug-likeness (QED) is 0.452. The molecule has 2 fully saturated rings. The van der Waals surface area contributed by atoms with Crippen molar-refractivity contribution in [1.29, 1.82) is 0 Å². The molecule has 1 spiro atoms. The van der Waals surface area contributed by atoms with Gasteiger partial charge < -0.3 is 18.8 Å². The molecule has 0 N–H and O–H groups in total. The van der Waals surface area contributed by atoms with Crippen LogP contribution >= 0.6 is 0 Å². The average Bonchev–Trinajstić information content (AvgIpc) is 3.31. The number of hydrogen-bond acceptors (Lipinski definition) is 5. The Balaban J connectivity index is 1.52. The summed E-state index contributed by atoms with van der Waals surface area (Å²) in [5, 5.41) is 0. The summed E-state index contributed by atoms with van der Waals surface area (Å²) in [5.41, 5.74) is -0.692. The van der Waals surface area contributed by atoms with Gasteiger partial charge in [-0.1, -0.05) is 25.5 Å². The van der Waals surface area contributed by atoms with E-state index in [2.05, 4.69) is 0 Å². The number of carbonyl (C=O) groups excluding carboxylic acids is 2. The Morgan fingerprint density at radius 3 is 3.12 bits per heavy atom. The number of unbranched alkanes of at least 4 members (excludes halogenated alkanes) is 1. The van der Waals surface area contributed by atoms with Gasteiger partial charge in [-0.25, -0.2) is 0 Å². The van der Waals surface area contributed by atoms with Crippen LogP contribution in [0.15, 0.2) is 35.0 Å². The molecule has 2 saturated heterocycles. The first-order valence-corrected chi connectivity index (χ1v) is 8.49. The molecule has 2 bridgehead atoms. The first kappa shape index (κ1) is 15.4. The molecule has 24 heavy (non-hydrogen) atoms. The van der Waals surface area contributed by atoms with Crippen molar-refractivity contribution in [2.75, 3.05) is 13.2 Å². The van der Waals surface area contributed by atoms with Crippen molar-refractivity contribution in [3.8, 4) is 0 Å². The van der Waals surface area contributed by atoms with E-state index in [9.17, 15) is 9.59 Å². The number of esters is 1. The Labute approximate surface area is 140 Å². The number of likely N-dealkylation sites (tertiary alicyclic amines) is 1. The number of ether oxygens (including phenoxy) is 2. The van der Waals surface area contributed by atoms with Gasteiger partial charge in [-0.3, -0.25) is 9.59 Å². The fraction of sp³-hybridized carbons (Fsp3) is 0.556. The third-order valence-electron chi connectivity index (χ3n) is 5.12. The van der Waals surface area contributed by atoms with E-state index in [4.69, 9.17) is 13.9 Å². The van der Waals surface area contributed by atoms with Gasteiger partial charge in [-0.2, -0.15) is 0 Å². The molecule has 6 heteroatoms. The van der Waals surface area contributed by atoms with E-state index in [-0.39, 0.29) is 18.0 Å². The molecule has 128 valence electrons. The molecular weight excluding hydrogens is 310 g/mol. The van der Waals surface area contributed by atoms with E-state index in [1.807, 2.05) is 25.1 Å². The highest BCUT2D eigenvalue weighted by molar-refractivity contribution is 5.91. The van der Waals surface area contributed by atoms with Crippen molar-refractivity contribution in [1.82, 2.24) is 4.90 Å². The second-order valence-corrected chi connectivity index (χ2v) is 6.69.